The number of nitrogens with one attached hydrogen (secondary N) is 1. The van der Waals surface area contributed by atoms with E-state index in [2.05, 4.69) is 48.1 Å². The van der Waals surface area contributed by atoms with Gasteiger partial charge in [-0.1, -0.05) is 65.7 Å². The topological polar surface area (TPSA) is 29.9 Å². The van der Waals surface area contributed by atoms with Crippen LogP contribution in [-0.4, -0.2) is 15.8 Å². The number of rotatable bonds is 12. The van der Waals surface area contributed by atoms with Crippen LogP contribution in [0.2, 0.25) is 0 Å². The van der Waals surface area contributed by atoms with Crippen molar-refractivity contribution in [3.8, 4) is 0 Å². The Bertz CT molecular complexity index is 331. The summed E-state index contributed by atoms with van der Waals surface area (Å²) < 4.78 is 2.09. The molecule has 1 N–H and O–H groups in total. The van der Waals surface area contributed by atoms with Gasteiger partial charge in [-0.05, 0) is 12.5 Å². The molecule has 3 nitrogen and oxygen atoms in total. The largest absolute Gasteiger partial charge is 0.309 e. The number of aryl methyl sites for hydroxylation is 1. The molecule has 0 saturated heterocycles. The first-order valence-corrected chi connectivity index (χ1v) is 8.48. The molecule has 1 aromatic heterocycles. The third-order valence-corrected chi connectivity index (χ3v) is 3.63. The molecule has 20 heavy (non-hydrogen) atoms. The zero-order valence-corrected chi connectivity index (χ0v) is 13.7. The minimum atomic E-state index is 0.521. The molecule has 0 aliphatic carbocycles. The highest BCUT2D eigenvalue weighted by molar-refractivity contribution is 4.98. The van der Waals surface area contributed by atoms with Gasteiger partial charge in [0.05, 0.1) is 5.69 Å². The van der Waals surface area contributed by atoms with Gasteiger partial charge >= 0.3 is 0 Å². The van der Waals surface area contributed by atoms with Gasteiger partial charge in [0, 0.05) is 25.3 Å². The van der Waals surface area contributed by atoms with Gasteiger partial charge < -0.3 is 5.32 Å². The van der Waals surface area contributed by atoms with Crippen molar-refractivity contribution in [2.45, 2.75) is 91.3 Å². The van der Waals surface area contributed by atoms with Crippen molar-refractivity contribution < 1.29 is 0 Å². The smallest absolute Gasteiger partial charge is 0.0762 e. The molecule has 3 heteroatoms. The van der Waals surface area contributed by atoms with Crippen LogP contribution in [0.4, 0.5) is 0 Å². The van der Waals surface area contributed by atoms with Crippen LogP contribution in [0.3, 0.4) is 0 Å². The zero-order valence-electron chi connectivity index (χ0n) is 13.7. The molecule has 0 spiro atoms. The minimum Gasteiger partial charge on any atom is -0.309 e. The summed E-state index contributed by atoms with van der Waals surface area (Å²) in [5.74, 6) is 0. The minimum absolute atomic E-state index is 0.521. The highest BCUT2D eigenvalue weighted by Gasteiger charge is 2.00. The highest BCUT2D eigenvalue weighted by atomic mass is 15.3. The normalized spacial score (nSPS) is 11.4. The molecule has 0 amide bonds. The van der Waals surface area contributed by atoms with E-state index in [1.54, 1.807) is 0 Å². The van der Waals surface area contributed by atoms with E-state index in [-0.39, 0.29) is 0 Å². The Labute approximate surface area is 125 Å². The van der Waals surface area contributed by atoms with Crippen molar-refractivity contribution in [3.05, 3.63) is 18.0 Å². The van der Waals surface area contributed by atoms with Crippen LogP contribution in [0.1, 0.15) is 77.8 Å². The molecule has 116 valence electrons. The predicted octanol–water partition coefficient (Wildman–Crippen LogP) is 4.52. The maximum Gasteiger partial charge on any atom is 0.0762 e. The molecular formula is C17H33N3. The van der Waals surface area contributed by atoms with Gasteiger partial charge in [-0.15, -0.1) is 0 Å². The van der Waals surface area contributed by atoms with Gasteiger partial charge in [0.15, 0.2) is 0 Å². The Morgan fingerprint density at radius 1 is 1.05 bits per heavy atom. The first kappa shape index (κ1) is 17.2. The van der Waals surface area contributed by atoms with Crippen molar-refractivity contribution in [1.29, 1.82) is 0 Å². The lowest BCUT2D eigenvalue weighted by molar-refractivity contribution is 0.511. The molecule has 0 fully saturated rings. The first-order chi connectivity index (χ1) is 9.72. The number of nitrogens with zero attached hydrogens (tertiary/aromatic N) is 2. The van der Waals surface area contributed by atoms with Crippen molar-refractivity contribution >= 4 is 0 Å². The molecule has 1 heterocycles. The second-order valence-electron chi connectivity index (χ2n) is 6.08. The van der Waals surface area contributed by atoms with Gasteiger partial charge in [-0.25, -0.2) is 0 Å². The summed E-state index contributed by atoms with van der Waals surface area (Å²) >= 11 is 0. The van der Waals surface area contributed by atoms with Crippen LogP contribution in [0.25, 0.3) is 0 Å². The van der Waals surface area contributed by atoms with Crippen molar-refractivity contribution in [1.82, 2.24) is 15.1 Å². The molecule has 1 rings (SSSR count). The number of unbranched alkanes of at least 4 members (excludes halogenated alkanes) is 7. The monoisotopic (exact) mass is 279 g/mol. The highest BCUT2D eigenvalue weighted by Crippen LogP contribution is 2.09. The summed E-state index contributed by atoms with van der Waals surface area (Å²) in [6, 6.07) is 2.65. The van der Waals surface area contributed by atoms with E-state index in [0.29, 0.717) is 6.04 Å². The average Bonchev–Trinajstić information content (AvgIpc) is 2.87. The fraction of sp³-hybridized carbons (Fsp3) is 0.824. The molecular weight excluding hydrogens is 246 g/mol. The van der Waals surface area contributed by atoms with Gasteiger partial charge in [0.2, 0.25) is 0 Å². The second-order valence-corrected chi connectivity index (χ2v) is 6.08. The summed E-state index contributed by atoms with van der Waals surface area (Å²) in [4.78, 5) is 0. The van der Waals surface area contributed by atoms with Crippen molar-refractivity contribution in [3.63, 3.8) is 0 Å². The Balaban J connectivity index is 2.01. The van der Waals surface area contributed by atoms with Gasteiger partial charge in [0.1, 0.15) is 0 Å². The van der Waals surface area contributed by atoms with E-state index in [1.165, 1.54) is 51.4 Å². The van der Waals surface area contributed by atoms with E-state index >= 15 is 0 Å². The van der Waals surface area contributed by atoms with Crippen LogP contribution < -0.4 is 5.32 Å². The lowest BCUT2D eigenvalue weighted by Crippen LogP contribution is -2.22. The SMILES string of the molecule is CCCCCCCCCCn1ccc(CNC(C)C)n1. The third-order valence-electron chi connectivity index (χ3n) is 3.63. The standard InChI is InChI=1S/C17H33N3/c1-4-5-6-7-8-9-10-11-13-20-14-12-17(19-20)15-18-16(2)3/h12,14,16,18H,4-11,13,15H2,1-3H3. The fourth-order valence-electron chi connectivity index (χ4n) is 2.34. The van der Waals surface area contributed by atoms with Gasteiger partial charge in [0.25, 0.3) is 0 Å². The van der Waals surface area contributed by atoms with E-state index in [0.717, 1.165) is 18.8 Å². The Kier molecular flexibility index (Phi) is 9.38. The number of aromatic nitrogens is 2. The Hall–Kier alpha value is -0.830. The van der Waals surface area contributed by atoms with Gasteiger partial charge in [-0.2, -0.15) is 5.10 Å². The van der Waals surface area contributed by atoms with Crippen LogP contribution in [-0.2, 0) is 13.1 Å². The summed E-state index contributed by atoms with van der Waals surface area (Å²) in [5, 5.41) is 7.99. The molecule has 0 radical (unpaired) electrons. The molecule has 1 aromatic rings. The number of hydrogen-bond acceptors (Lipinski definition) is 2. The van der Waals surface area contributed by atoms with Crippen molar-refractivity contribution in [2.24, 2.45) is 0 Å². The summed E-state index contributed by atoms with van der Waals surface area (Å²) in [5.41, 5.74) is 1.15. The maximum atomic E-state index is 4.59. The van der Waals surface area contributed by atoms with Gasteiger partial charge in [-0.3, -0.25) is 4.68 Å². The molecule has 0 aromatic carbocycles. The van der Waals surface area contributed by atoms with Crippen molar-refractivity contribution in [2.75, 3.05) is 0 Å². The lowest BCUT2D eigenvalue weighted by Gasteiger charge is -2.05. The van der Waals surface area contributed by atoms with E-state index in [1.807, 2.05) is 0 Å². The van der Waals surface area contributed by atoms with E-state index < -0.39 is 0 Å². The maximum absolute atomic E-state index is 4.59. The quantitative estimate of drug-likeness (QED) is 0.570. The summed E-state index contributed by atoms with van der Waals surface area (Å²) in [6.45, 7) is 8.54. The average molecular weight is 279 g/mol. The molecule has 0 bridgehead atoms. The van der Waals surface area contributed by atoms with E-state index in [4.69, 9.17) is 0 Å². The summed E-state index contributed by atoms with van der Waals surface area (Å²) in [7, 11) is 0. The Morgan fingerprint density at radius 3 is 2.35 bits per heavy atom. The van der Waals surface area contributed by atoms with Crippen LogP contribution in [0.5, 0.6) is 0 Å². The molecule has 0 saturated carbocycles. The lowest BCUT2D eigenvalue weighted by atomic mass is 10.1. The third kappa shape index (κ3) is 8.36. The van der Waals surface area contributed by atoms with E-state index in [9.17, 15) is 0 Å². The van der Waals surface area contributed by atoms with Crippen LogP contribution in [0.15, 0.2) is 12.3 Å². The molecule has 0 unspecified atom stereocenters. The van der Waals surface area contributed by atoms with Crippen LogP contribution in [0, 0.1) is 0 Å². The predicted molar refractivity (Wildman–Crippen MR) is 86.8 cm³/mol. The molecule has 0 aliphatic rings. The van der Waals surface area contributed by atoms with Crippen LogP contribution >= 0.6 is 0 Å². The second kappa shape index (κ2) is 10.9. The number of hydrogen-bond donors (Lipinski definition) is 1. The molecule has 0 atom stereocenters. The Morgan fingerprint density at radius 2 is 1.70 bits per heavy atom. The fourth-order valence-corrected chi connectivity index (χ4v) is 2.34. The molecule has 0 aliphatic heterocycles. The summed E-state index contributed by atoms with van der Waals surface area (Å²) in [6.07, 6.45) is 13.1. The first-order valence-electron chi connectivity index (χ1n) is 8.48. The zero-order chi connectivity index (χ0) is 14.6.